The molecular weight excluding hydrogens is 873 g/mol. The molecule has 0 aliphatic rings. The number of anilines is 1. The van der Waals surface area contributed by atoms with Gasteiger partial charge in [-0.15, -0.1) is 11.3 Å². The molecule has 3 heterocycles. The summed E-state index contributed by atoms with van der Waals surface area (Å²) < 4.78 is 24.9. The molecule has 0 unspecified atom stereocenters. The Labute approximate surface area is 392 Å². The van der Waals surface area contributed by atoms with E-state index in [1.54, 1.807) is 41.7 Å². The predicted molar refractivity (Wildman–Crippen MR) is 260 cm³/mol. The Balaban J connectivity index is 0.682. The molecule has 4 aromatic carbocycles. The Morgan fingerprint density at radius 3 is 2.10 bits per heavy atom. The molecule has 5 N–H and O–H groups in total. The molecule has 0 fully saturated rings. The number of aryl methyl sites for hydroxylation is 1. The minimum absolute atomic E-state index is 0.123. The molecule has 0 atom stereocenters. The van der Waals surface area contributed by atoms with Crippen LogP contribution in [0.1, 0.15) is 93.5 Å². The number of benzene rings is 4. The number of amides is 2. The number of nitrogen functional groups attached to an aromatic ring is 1. The normalized spacial score (nSPS) is 11.4. The number of ether oxygens (including phenoxy) is 4. The quantitative estimate of drug-likeness (QED) is 0.0282. The zero-order chi connectivity index (χ0) is 46.8. The highest BCUT2D eigenvalue weighted by Crippen LogP contribution is 2.25. The molecule has 0 saturated heterocycles. The second-order valence-corrected chi connectivity index (χ2v) is 17.2. The lowest BCUT2D eigenvalue weighted by Gasteiger charge is -2.09. The number of hydrogen-bond acceptors (Lipinski definition) is 13. The van der Waals surface area contributed by atoms with E-state index in [0.29, 0.717) is 101 Å². The van der Waals surface area contributed by atoms with E-state index in [9.17, 15) is 19.2 Å². The maximum Gasteiger partial charge on any atom is 0.328 e. The van der Waals surface area contributed by atoms with Gasteiger partial charge in [-0.2, -0.15) is 9.97 Å². The summed E-state index contributed by atoms with van der Waals surface area (Å²) in [6.45, 7) is 6.36. The molecule has 0 bridgehead atoms. The monoisotopic (exact) mass is 930 g/mol. The van der Waals surface area contributed by atoms with E-state index in [1.165, 1.54) is 4.57 Å². The number of nitrogens with two attached hydrogens (primary N) is 1. The Kier molecular flexibility index (Phi) is 17.9. The van der Waals surface area contributed by atoms with Crippen molar-refractivity contribution < 1.29 is 33.3 Å². The van der Waals surface area contributed by atoms with Crippen molar-refractivity contribution in [2.75, 3.05) is 65.1 Å². The summed E-state index contributed by atoms with van der Waals surface area (Å²) in [5, 5.41) is 9.08. The molecule has 17 heteroatoms. The smallest absolute Gasteiger partial charge is 0.328 e. The third-order valence-electron chi connectivity index (χ3n) is 11.0. The Morgan fingerprint density at radius 1 is 0.701 bits per heavy atom. The number of nitrogens with zero attached hydrogens (tertiary/aromatic N) is 4. The molecule has 0 saturated carbocycles. The van der Waals surface area contributed by atoms with Crippen LogP contribution in [-0.2, 0) is 27.2 Å². The molecule has 0 spiro atoms. The number of hydrogen-bond donors (Lipinski definition) is 4. The third-order valence-corrected chi connectivity index (χ3v) is 12.1. The molecule has 67 heavy (non-hydrogen) atoms. The molecular formula is C50H58N8O8S. The van der Waals surface area contributed by atoms with E-state index in [1.807, 2.05) is 54.6 Å². The number of aromatic amines is 1. The van der Waals surface area contributed by atoms with Crippen LogP contribution in [0.25, 0.3) is 32.2 Å². The highest BCUT2D eigenvalue weighted by Gasteiger charge is 2.16. The summed E-state index contributed by atoms with van der Waals surface area (Å²) in [4.78, 5) is 67.1. The van der Waals surface area contributed by atoms with Gasteiger partial charge in [-0.1, -0.05) is 61.9 Å². The van der Waals surface area contributed by atoms with Crippen molar-refractivity contribution >= 4 is 66.9 Å². The molecule has 7 rings (SSSR count). The fraction of sp³-hybridized carbons (Fsp3) is 0.380. The Morgan fingerprint density at radius 2 is 1.37 bits per heavy atom. The van der Waals surface area contributed by atoms with Gasteiger partial charge in [0.1, 0.15) is 5.52 Å². The van der Waals surface area contributed by atoms with E-state index in [0.717, 1.165) is 69.2 Å². The minimum atomic E-state index is -0.371. The van der Waals surface area contributed by atoms with Gasteiger partial charge < -0.3 is 40.3 Å². The van der Waals surface area contributed by atoms with E-state index < -0.39 is 0 Å². The van der Waals surface area contributed by atoms with Gasteiger partial charge in [0.2, 0.25) is 0 Å². The Bertz CT molecular complexity index is 2810. The largest absolute Gasteiger partial charge is 0.463 e. The molecule has 0 aliphatic carbocycles. The lowest BCUT2D eigenvalue weighted by molar-refractivity contribution is 0.0139. The summed E-state index contributed by atoms with van der Waals surface area (Å²) in [6, 6.07) is 26.7. The van der Waals surface area contributed by atoms with E-state index in [4.69, 9.17) is 29.7 Å². The van der Waals surface area contributed by atoms with Crippen molar-refractivity contribution in [3.63, 3.8) is 0 Å². The van der Waals surface area contributed by atoms with Crippen LogP contribution < -0.4 is 26.8 Å². The Hall–Kier alpha value is -6.53. The summed E-state index contributed by atoms with van der Waals surface area (Å²) in [5.41, 5.74) is 9.93. The zero-order valence-electron chi connectivity index (χ0n) is 37.9. The summed E-state index contributed by atoms with van der Waals surface area (Å²) in [5.74, 6) is -0.0359. The number of imidazole rings is 1. The van der Waals surface area contributed by atoms with Gasteiger partial charge in [0.25, 0.3) is 11.8 Å². The molecule has 0 aliphatic heterocycles. The van der Waals surface area contributed by atoms with Crippen molar-refractivity contribution in [3.8, 4) is 6.01 Å². The van der Waals surface area contributed by atoms with Crippen molar-refractivity contribution in [1.29, 1.82) is 0 Å². The number of carbonyl (C=O) groups excluding carboxylic acids is 3. The maximum absolute atomic E-state index is 12.8. The highest BCUT2D eigenvalue weighted by molar-refractivity contribution is 7.18. The topological polar surface area (TPSA) is 215 Å². The van der Waals surface area contributed by atoms with Crippen molar-refractivity contribution in [3.05, 3.63) is 123 Å². The van der Waals surface area contributed by atoms with Crippen LogP contribution in [0.3, 0.4) is 0 Å². The second-order valence-electron chi connectivity index (χ2n) is 16.0. The maximum atomic E-state index is 12.8. The van der Waals surface area contributed by atoms with Gasteiger partial charge >= 0.3 is 11.7 Å². The fourth-order valence-electron chi connectivity index (χ4n) is 7.28. The molecule has 7 aromatic rings. The predicted octanol–water partition coefficient (Wildman–Crippen LogP) is 7.28. The lowest BCUT2D eigenvalue weighted by atomic mass is 10.0. The SMILES string of the molecule is CCCCOc1nc(N)c2[nH]c(=O)n(Cc3ccc(C(=O)NCCCOCCOCCOCCCNC(=O)c4ccc5nc(CCCCC(=O)c6ccc7ccccc7c6)sc5c4)cc3)c2n1. The number of nitrogens with one attached hydrogen (secondary N) is 3. The minimum Gasteiger partial charge on any atom is -0.463 e. The molecule has 2 amide bonds. The van der Waals surface area contributed by atoms with E-state index in [-0.39, 0.29) is 41.7 Å². The number of rotatable bonds is 28. The van der Waals surface area contributed by atoms with Gasteiger partial charge in [-0.25, -0.2) is 9.78 Å². The van der Waals surface area contributed by atoms with Crippen molar-refractivity contribution in [2.24, 2.45) is 0 Å². The number of aromatic nitrogens is 5. The van der Waals surface area contributed by atoms with Gasteiger partial charge in [0.05, 0.1) is 54.8 Å². The first-order chi connectivity index (χ1) is 32.7. The van der Waals surface area contributed by atoms with Gasteiger partial charge in [0.15, 0.2) is 17.2 Å². The highest BCUT2D eigenvalue weighted by atomic mass is 32.1. The van der Waals surface area contributed by atoms with Crippen LogP contribution >= 0.6 is 11.3 Å². The van der Waals surface area contributed by atoms with Crippen LogP contribution in [0, 0.1) is 0 Å². The summed E-state index contributed by atoms with van der Waals surface area (Å²) in [7, 11) is 0. The van der Waals surface area contributed by atoms with Crippen molar-refractivity contribution in [1.82, 2.24) is 35.1 Å². The number of fused-ring (bicyclic) bond motifs is 3. The number of ketones is 1. The van der Waals surface area contributed by atoms with Crippen LogP contribution in [0.4, 0.5) is 5.82 Å². The van der Waals surface area contributed by atoms with Crippen LogP contribution in [0.2, 0.25) is 0 Å². The number of thiazole rings is 1. The molecule has 16 nitrogen and oxygen atoms in total. The average molecular weight is 931 g/mol. The van der Waals surface area contributed by atoms with E-state index >= 15 is 0 Å². The standard InChI is InChI=1S/C50H58N8O8S/c1-2-3-26-66-49-56-45(51)44-46(57-49)58(50(62)55-44)33-34-14-16-36(17-15-34)47(60)52-22-8-24-63-27-29-65-30-28-64-25-9-23-53-48(61)39-20-21-40-42(32-39)67-43(54-40)13-7-6-12-41(59)38-19-18-35-10-4-5-11-37(35)31-38/h4-5,10-11,14-21,31-32H,2-3,6-9,12-13,22-30,33H2,1H3,(H,52,60)(H,53,61)(H,55,62)(H2,51,56,57). The number of H-pyrrole nitrogens is 1. The lowest BCUT2D eigenvalue weighted by Crippen LogP contribution is -2.25. The third kappa shape index (κ3) is 14.0. The van der Waals surface area contributed by atoms with Crippen LogP contribution in [-0.4, -0.2) is 101 Å². The first-order valence-electron chi connectivity index (χ1n) is 22.9. The number of carbonyl (C=O) groups is 3. The summed E-state index contributed by atoms with van der Waals surface area (Å²) in [6.07, 6.45) is 6.07. The van der Waals surface area contributed by atoms with Crippen LogP contribution in [0.15, 0.2) is 89.7 Å². The first kappa shape index (κ1) is 48.4. The average Bonchev–Trinajstić information content (AvgIpc) is 3.90. The van der Waals surface area contributed by atoms with E-state index in [2.05, 4.69) is 32.5 Å². The molecule has 352 valence electrons. The second kappa shape index (κ2) is 24.8. The van der Waals surface area contributed by atoms with Crippen molar-refractivity contribution in [2.45, 2.75) is 64.8 Å². The zero-order valence-corrected chi connectivity index (χ0v) is 38.7. The molecule has 0 radical (unpaired) electrons. The van der Waals surface area contributed by atoms with Gasteiger partial charge in [-0.05, 0) is 91.3 Å². The summed E-state index contributed by atoms with van der Waals surface area (Å²) >= 11 is 1.59. The van der Waals surface area contributed by atoms with Gasteiger partial charge in [0, 0.05) is 49.4 Å². The number of unbranched alkanes of at least 4 members (excludes halogenated alkanes) is 2. The first-order valence-corrected chi connectivity index (χ1v) is 23.8. The van der Waals surface area contributed by atoms with Crippen LogP contribution in [0.5, 0.6) is 6.01 Å². The number of Topliss-reactive ketones (excluding diaryl/α,β-unsaturated/α-hetero) is 1. The van der Waals surface area contributed by atoms with Gasteiger partial charge in [-0.3, -0.25) is 19.0 Å². The molecule has 3 aromatic heterocycles. The fourth-order valence-corrected chi connectivity index (χ4v) is 8.33.